The Morgan fingerprint density at radius 1 is 0.839 bits per heavy atom. The molecule has 2 amide bonds. The number of hydrogen-bond acceptors (Lipinski definition) is 7. The Labute approximate surface area is 182 Å². The number of aliphatic carboxylic acids is 1. The molecule has 0 saturated carbocycles. The van der Waals surface area contributed by atoms with E-state index in [-0.39, 0.29) is 18.6 Å². The molecule has 10 nitrogen and oxygen atoms in total. The Balaban J connectivity index is 2.88. The zero-order chi connectivity index (χ0) is 23.2. The molecule has 0 radical (unpaired) electrons. The fraction of sp³-hybridized carbons (Fsp3) is 0.571. The van der Waals surface area contributed by atoms with E-state index in [1.807, 2.05) is 0 Å². The van der Waals surface area contributed by atoms with Crippen molar-refractivity contribution in [2.75, 3.05) is 13.1 Å². The van der Waals surface area contributed by atoms with Crippen LogP contribution in [0.2, 0.25) is 0 Å². The number of phenolic OH excluding ortho intramolecular Hbond substituents is 1. The van der Waals surface area contributed by atoms with Crippen molar-refractivity contribution in [2.24, 2.45) is 17.2 Å². The molecule has 1 aromatic rings. The zero-order valence-corrected chi connectivity index (χ0v) is 17.8. The lowest BCUT2D eigenvalue weighted by atomic mass is 10.0. The summed E-state index contributed by atoms with van der Waals surface area (Å²) >= 11 is 0. The van der Waals surface area contributed by atoms with Gasteiger partial charge in [0.15, 0.2) is 0 Å². The Morgan fingerprint density at radius 3 is 1.94 bits per heavy atom. The summed E-state index contributed by atoms with van der Waals surface area (Å²) < 4.78 is 0. The molecule has 1 rings (SSSR count). The van der Waals surface area contributed by atoms with Crippen LogP contribution in [0.25, 0.3) is 0 Å². The Kier molecular flexibility index (Phi) is 12.2. The maximum Gasteiger partial charge on any atom is 0.326 e. The van der Waals surface area contributed by atoms with E-state index in [0.717, 1.165) is 6.42 Å². The van der Waals surface area contributed by atoms with Gasteiger partial charge in [0.25, 0.3) is 0 Å². The van der Waals surface area contributed by atoms with Crippen LogP contribution in [0.5, 0.6) is 5.75 Å². The number of carboxylic acids is 1. The fourth-order valence-corrected chi connectivity index (χ4v) is 3.02. The van der Waals surface area contributed by atoms with Crippen LogP contribution in [-0.2, 0) is 20.8 Å². The predicted molar refractivity (Wildman–Crippen MR) is 117 cm³/mol. The lowest BCUT2D eigenvalue weighted by molar-refractivity contribution is -0.142. The van der Waals surface area contributed by atoms with Gasteiger partial charge in [-0.3, -0.25) is 9.59 Å². The first-order valence-electron chi connectivity index (χ1n) is 10.6. The minimum atomic E-state index is -1.15. The number of aromatic hydroxyl groups is 1. The van der Waals surface area contributed by atoms with E-state index in [9.17, 15) is 24.6 Å². The molecular weight excluding hydrogens is 402 g/mol. The van der Waals surface area contributed by atoms with Gasteiger partial charge in [-0.1, -0.05) is 18.6 Å². The molecule has 0 heterocycles. The third-order valence-corrected chi connectivity index (χ3v) is 4.88. The lowest BCUT2D eigenvalue weighted by Gasteiger charge is -2.23. The van der Waals surface area contributed by atoms with Crippen molar-refractivity contribution in [3.63, 3.8) is 0 Å². The highest BCUT2D eigenvalue weighted by atomic mass is 16.4. The van der Waals surface area contributed by atoms with E-state index in [1.165, 1.54) is 12.1 Å². The van der Waals surface area contributed by atoms with Gasteiger partial charge < -0.3 is 38.0 Å². The molecule has 0 unspecified atom stereocenters. The molecule has 3 atom stereocenters. The van der Waals surface area contributed by atoms with Crippen molar-refractivity contribution in [2.45, 2.75) is 63.1 Å². The zero-order valence-electron chi connectivity index (χ0n) is 17.8. The van der Waals surface area contributed by atoms with Crippen LogP contribution in [0.1, 0.15) is 44.1 Å². The van der Waals surface area contributed by atoms with Crippen LogP contribution in [0.3, 0.4) is 0 Å². The smallest absolute Gasteiger partial charge is 0.326 e. The summed E-state index contributed by atoms with van der Waals surface area (Å²) in [6.45, 7) is 0.933. The summed E-state index contributed by atoms with van der Waals surface area (Å²) in [5.41, 5.74) is 17.5. The number of carbonyl (C=O) groups is 3. The number of rotatable bonds is 15. The second-order valence-electron chi connectivity index (χ2n) is 7.51. The fourth-order valence-electron chi connectivity index (χ4n) is 3.02. The third kappa shape index (κ3) is 10.3. The molecule has 10 heteroatoms. The molecule has 10 N–H and O–H groups in total. The molecule has 0 aliphatic carbocycles. The van der Waals surface area contributed by atoms with Crippen molar-refractivity contribution in [1.29, 1.82) is 0 Å². The van der Waals surface area contributed by atoms with Crippen molar-refractivity contribution in [1.82, 2.24) is 10.6 Å². The van der Waals surface area contributed by atoms with Crippen LogP contribution < -0.4 is 27.8 Å². The summed E-state index contributed by atoms with van der Waals surface area (Å²) in [5, 5.41) is 24.0. The second-order valence-corrected chi connectivity index (χ2v) is 7.51. The first kappa shape index (κ1) is 26.3. The molecule has 0 fully saturated rings. The molecule has 0 saturated heterocycles. The van der Waals surface area contributed by atoms with Crippen molar-refractivity contribution in [3.8, 4) is 5.75 Å². The molecule has 1 aromatic carbocycles. The van der Waals surface area contributed by atoms with E-state index >= 15 is 0 Å². The molecule has 0 spiro atoms. The van der Waals surface area contributed by atoms with Gasteiger partial charge in [-0.05, 0) is 62.9 Å². The van der Waals surface area contributed by atoms with Gasteiger partial charge >= 0.3 is 5.97 Å². The van der Waals surface area contributed by atoms with Gasteiger partial charge in [0.1, 0.15) is 17.8 Å². The number of carbonyl (C=O) groups excluding carboxylic acids is 2. The first-order valence-corrected chi connectivity index (χ1v) is 10.6. The summed E-state index contributed by atoms with van der Waals surface area (Å²) in [5.74, 6) is -2.19. The minimum Gasteiger partial charge on any atom is -0.508 e. The maximum atomic E-state index is 12.9. The summed E-state index contributed by atoms with van der Waals surface area (Å²) in [7, 11) is 0. The van der Waals surface area contributed by atoms with E-state index < -0.39 is 35.9 Å². The monoisotopic (exact) mass is 437 g/mol. The number of hydrogen-bond donors (Lipinski definition) is 7. The Bertz CT molecular complexity index is 698. The molecule has 0 aliphatic rings. The first-order chi connectivity index (χ1) is 14.8. The van der Waals surface area contributed by atoms with Crippen molar-refractivity contribution in [3.05, 3.63) is 29.8 Å². The SMILES string of the molecule is NCCCC[C@H](NC(=O)[C@H](Cc1ccc(O)cc1)NC(=O)[C@@H](N)CCCCN)C(=O)O. The van der Waals surface area contributed by atoms with Gasteiger partial charge in [0.2, 0.25) is 11.8 Å². The van der Waals surface area contributed by atoms with Gasteiger partial charge in [-0.2, -0.15) is 0 Å². The highest BCUT2D eigenvalue weighted by Crippen LogP contribution is 2.12. The van der Waals surface area contributed by atoms with Crippen LogP contribution in [-0.4, -0.2) is 59.2 Å². The van der Waals surface area contributed by atoms with Gasteiger partial charge in [0.05, 0.1) is 6.04 Å². The quantitative estimate of drug-likeness (QED) is 0.180. The highest BCUT2D eigenvalue weighted by Gasteiger charge is 2.28. The van der Waals surface area contributed by atoms with E-state index in [2.05, 4.69) is 10.6 Å². The molecule has 0 aromatic heterocycles. The Hall–Kier alpha value is -2.69. The number of benzene rings is 1. The number of nitrogens with two attached hydrogens (primary N) is 3. The second kappa shape index (κ2) is 14.3. The van der Waals surface area contributed by atoms with Crippen LogP contribution >= 0.6 is 0 Å². The van der Waals surface area contributed by atoms with Crippen LogP contribution in [0, 0.1) is 0 Å². The predicted octanol–water partition coefficient (Wildman–Crippen LogP) is -0.426. The number of unbranched alkanes of at least 4 members (excludes halogenated alkanes) is 2. The van der Waals surface area contributed by atoms with Gasteiger partial charge in [0, 0.05) is 6.42 Å². The molecule has 31 heavy (non-hydrogen) atoms. The third-order valence-electron chi connectivity index (χ3n) is 4.88. The van der Waals surface area contributed by atoms with Gasteiger partial charge in [-0.25, -0.2) is 4.79 Å². The van der Waals surface area contributed by atoms with Crippen LogP contribution in [0.15, 0.2) is 24.3 Å². The van der Waals surface area contributed by atoms with Crippen molar-refractivity contribution >= 4 is 17.8 Å². The average Bonchev–Trinajstić information content (AvgIpc) is 2.73. The number of amides is 2. The normalized spacial score (nSPS) is 13.8. The Morgan fingerprint density at radius 2 is 1.39 bits per heavy atom. The maximum absolute atomic E-state index is 12.9. The molecule has 0 bridgehead atoms. The van der Waals surface area contributed by atoms with Crippen molar-refractivity contribution < 1.29 is 24.6 Å². The lowest BCUT2D eigenvalue weighted by Crippen LogP contribution is -2.55. The summed E-state index contributed by atoms with van der Waals surface area (Å²) in [6.07, 6.45) is 3.38. The highest BCUT2D eigenvalue weighted by molar-refractivity contribution is 5.91. The largest absolute Gasteiger partial charge is 0.508 e. The average molecular weight is 438 g/mol. The topological polar surface area (TPSA) is 194 Å². The number of carboxylic acid groups (broad SMARTS) is 1. The van der Waals surface area contributed by atoms with E-state index in [0.29, 0.717) is 44.3 Å². The van der Waals surface area contributed by atoms with Gasteiger partial charge in [-0.15, -0.1) is 0 Å². The number of nitrogens with one attached hydrogen (secondary N) is 2. The molecule has 174 valence electrons. The standard InChI is InChI=1S/C21H35N5O5/c22-11-3-1-5-16(24)19(28)26-18(13-14-7-9-15(27)10-8-14)20(29)25-17(21(30)31)6-2-4-12-23/h7-10,16-18,27H,1-6,11-13,22-24H2,(H,25,29)(H,26,28)(H,30,31)/t16-,17-,18-/m0/s1. The summed E-state index contributed by atoms with van der Waals surface area (Å²) in [6, 6.07) is 3.28. The number of phenols is 1. The molecule has 0 aliphatic heterocycles. The van der Waals surface area contributed by atoms with Crippen LogP contribution in [0.4, 0.5) is 0 Å². The minimum absolute atomic E-state index is 0.0709. The summed E-state index contributed by atoms with van der Waals surface area (Å²) in [4.78, 5) is 36.9. The van der Waals surface area contributed by atoms with E-state index in [1.54, 1.807) is 12.1 Å². The van der Waals surface area contributed by atoms with E-state index in [4.69, 9.17) is 17.2 Å². The molecular formula is C21H35N5O5.